The molecule has 1 aromatic rings. The molecular formula is C24H43N. The van der Waals surface area contributed by atoms with Crippen molar-refractivity contribution in [2.75, 3.05) is 13.1 Å². The molecule has 0 aliphatic heterocycles. The van der Waals surface area contributed by atoms with Crippen molar-refractivity contribution >= 4 is 0 Å². The third-order valence-electron chi connectivity index (χ3n) is 5.14. The minimum Gasteiger partial charge on any atom is -0.316 e. The van der Waals surface area contributed by atoms with Crippen molar-refractivity contribution in [3.63, 3.8) is 0 Å². The van der Waals surface area contributed by atoms with Gasteiger partial charge in [0.1, 0.15) is 0 Å². The molecule has 0 saturated carbocycles. The van der Waals surface area contributed by atoms with Crippen LogP contribution in [0.2, 0.25) is 0 Å². The lowest BCUT2D eigenvalue weighted by Crippen LogP contribution is -2.18. The van der Waals surface area contributed by atoms with Crippen molar-refractivity contribution in [1.82, 2.24) is 5.32 Å². The zero-order chi connectivity index (χ0) is 17.8. The maximum atomic E-state index is 3.58. The minimum atomic E-state index is 1.11. The van der Waals surface area contributed by atoms with Gasteiger partial charge in [0.15, 0.2) is 0 Å². The molecule has 1 aromatic carbocycles. The van der Waals surface area contributed by atoms with E-state index in [0.717, 1.165) is 13.0 Å². The van der Waals surface area contributed by atoms with Crippen molar-refractivity contribution in [3.8, 4) is 0 Å². The molecule has 1 heteroatoms. The molecule has 1 nitrogen and oxygen atoms in total. The predicted octanol–water partition coefficient (Wildman–Crippen LogP) is 7.30. The molecule has 0 spiro atoms. The molecule has 144 valence electrons. The first-order valence-corrected chi connectivity index (χ1v) is 11.2. The van der Waals surface area contributed by atoms with Gasteiger partial charge in [-0.05, 0) is 31.5 Å². The Bertz CT molecular complexity index is 360. The summed E-state index contributed by atoms with van der Waals surface area (Å²) < 4.78 is 0. The number of unbranched alkanes of at least 4 members (excludes halogenated alkanes) is 13. The summed E-state index contributed by atoms with van der Waals surface area (Å²) in [4.78, 5) is 0. The van der Waals surface area contributed by atoms with E-state index in [9.17, 15) is 0 Å². The average Bonchev–Trinajstić information content (AvgIpc) is 2.65. The Labute approximate surface area is 158 Å². The zero-order valence-corrected chi connectivity index (χ0v) is 16.9. The summed E-state index contributed by atoms with van der Waals surface area (Å²) in [6.07, 6.45) is 21.3. The summed E-state index contributed by atoms with van der Waals surface area (Å²) in [6, 6.07) is 10.8. The Morgan fingerprint density at radius 1 is 0.560 bits per heavy atom. The van der Waals surface area contributed by atoms with E-state index in [-0.39, 0.29) is 0 Å². The van der Waals surface area contributed by atoms with Crippen LogP contribution in [0.4, 0.5) is 0 Å². The van der Waals surface area contributed by atoms with Crippen molar-refractivity contribution in [3.05, 3.63) is 35.9 Å². The molecule has 0 fully saturated rings. The second-order valence-corrected chi connectivity index (χ2v) is 7.58. The molecule has 0 aliphatic rings. The first kappa shape index (κ1) is 22.2. The van der Waals surface area contributed by atoms with E-state index in [4.69, 9.17) is 0 Å². The maximum absolute atomic E-state index is 3.58. The van der Waals surface area contributed by atoms with Gasteiger partial charge in [0.2, 0.25) is 0 Å². The van der Waals surface area contributed by atoms with Gasteiger partial charge in [-0.25, -0.2) is 0 Å². The van der Waals surface area contributed by atoms with E-state index in [2.05, 4.69) is 42.6 Å². The normalized spacial score (nSPS) is 11.1. The van der Waals surface area contributed by atoms with Crippen LogP contribution in [-0.4, -0.2) is 13.1 Å². The molecule has 1 rings (SSSR count). The molecular weight excluding hydrogens is 302 g/mol. The van der Waals surface area contributed by atoms with Crippen LogP contribution < -0.4 is 5.32 Å². The van der Waals surface area contributed by atoms with Crippen LogP contribution >= 0.6 is 0 Å². The Hall–Kier alpha value is -0.820. The lowest BCUT2D eigenvalue weighted by atomic mass is 10.0. The smallest absolute Gasteiger partial charge is 0.000835 e. The van der Waals surface area contributed by atoms with Crippen LogP contribution in [0.3, 0.4) is 0 Å². The molecule has 25 heavy (non-hydrogen) atoms. The molecule has 0 heterocycles. The first-order valence-electron chi connectivity index (χ1n) is 11.2. The van der Waals surface area contributed by atoms with E-state index >= 15 is 0 Å². The highest BCUT2D eigenvalue weighted by atomic mass is 14.8. The standard InChI is InChI=1S/C24H43N/c1-2-3-4-5-6-7-8-9-10-11-12-13-14-18-22-25-23-21-24-19-16-15-17-20-24/h15-17,19-20,25H,2-14,18,21-23H2,1H3. The highest BCUT2D eigenvalue weighted by Gasteiger charge is 1.95. The van der Waals surface area contributed by atoms with Gasteiger partial charge in [0, 0.05) is 0 Å². The minimum absolute atomic E-state index is 1.11. The molecule has 1 N–H and O–H groups in total. The van der Waals surface area contributed by atoms with Gasteiger partial charge in [-0.1, -0.05) is 121 Å². The molecule has 0 saturated heterocycles. The monoisotopic (exact) mass is 345 g/mol. The van der Waals surface area contributed by atoms with Gasteiger partial charge in [-0.2, -0.15) is 0 Å². The molecule has 0 aromatic heterocycles. The molecule has 0 radical (unpaired) electrons. The SMILES string of the molecule is CCCCCCCCCCCCCCCCNCCc1ccccc1. The molecule has 0 bridgehead atoms. The highest BCUT2D eigenvalue weighted by Crippen LogP contribution is 2.12. The molecule has 0 unspecified atom stereocenters. The Kier molecular flexibility index (Phi) is 16.0. The highest BCUT2D eigenvalue weighted by molar-refractivity contribution is 5.14. The van der Waals surface area contributed by atoms with Gasteiger partial charge < -0.3 is 5.32 Å². The van der Waals surface area contributed by atoms with E-state index in [1.807, 2.05) is 0 Å². The number of hydrogen-bond donors (Lipinski definition) is 1. The van der Waals surface area contributed by atoms with Crippen LogP contribution in [0, 0.1) is 0 Å². The number of nitrogens with one attached hydrogen (secondary N) is 1. The van der Waals surface area contributed by atoms with Gasteiger partial charge in [0.25, 0.3) is 0 Å². The van der Waals surface area contributed by atoms with Gasteiger partial charge in [-0.15, -0.1) is 0 Å². The second kappa shape index (κ2) is 18.0. The van der Waals surface area contributed by atoms with Crippen LogP contribution in [0.5, 0.6) is 0 Å². The van der Waals surface area contributed by atoms with Crippen molar-refractivity contribution in [2.24, 2.45) is 0 Å². The van der Waals surface area contributed by atoms with Crippen LogP contribution in [0.1, 0.15) is 102 Å². The number of hydrogen-bond acceptors (Lipinski definition) is 1. The van der Waals surface area contributed by atoms with E-state index < -0.39 is 0 Å². The summed E-state index contributed by atoms with van der Waals surface area (Å²) in [5.41, 5.74) is 1.44. The topological polar surface area (TPSA) is 12.0 Å². The number of rotatable bonds is 18. The second-order valence-electron chi connectivity index (χ2n) is 7.58. The average molecular weight is 346 g/mol. The van der Waals surface area contributed by atoms with Crippen molar-refractivity contribution < 1.29 is 0 Å². The fraction of sp³-hybridized carbons (Fsp3) is 0.750. The summed E-state index contributed by atoms with van der Waals surface area (Å²) in [7, 11) is 0. The maximum Gasteiger partial charge on any atom is -0.000835 e. The summed E-state index contributed by atoms with van der Waals surface area (Å²) in [5, 5.41) is 3.58. The van der Waals surface area contributed by atoms with Crippen LogP contribution in [0.15, 0.2) is 30.3 Å². The quantitative estimate of drug-likeness (QED) is 0.275. The van der Waals surface area contributed by atoms with E-state index in [1.165, 1.54) is 102 Å². The molecule has 0 aliphatic carbocycles. The van der Waals surface area contributed by atoms with Gasteiger partial charge >= 0.3 is 0 Å². The summed E-state index contributed by atoms with van der Waals surface area (Å²) in [5.74, 6) is 0. The lowest BCUT2D eigenvalue weighted by molar-refractivity contribution is 0.530. The third kappa shape index (κ3) is 15.2. The summed E-state index contributed by atoms with van der Waals surface area (Å²) in [6.45, 7) is 4.59. The Morgan fingerprint density at radius 3 is 1.56 bits per heavy atom. The van der Waals surface area contributed by atoms with Gasteiger partial charge in [-0.3, -0.25) is 0 Å². The number of benzene rings is 1. The fourth-order valence-electron chi connectivity index (χ4n) is 3.45. The molecule has 0 atom stereocenters. The summed E-state index contributed by atoms with van der Waals surface area (Å²) >= 11 is 0. The van der Waals surface area contributed by atoms with Crippen LogP contribution in [-0.2, 0) is 6.42 Å². The van der Waals surface area contributed by atoms with Crippen molar-refractivity contribution in [2.45, 2.75) is 103 Å². The van der Waals surface area contributed by atoms with E-state index in [1.54, 1.807) is 0 Å². The largest absolute Gasteiger partial charge is 0.316 e. The Morgan fingerprint density at radius 2 is 1.04 bits per heavy atom. The van der Waals surface area contributed by atoms with Crippen LogP contribution in [0.25, 0.3) is 0 Å². The first-order chi connectivity index (χ1) is 12.4. The zero-order valence-electron chi connectivity index (χ0n) is 16.9. The Balaban J connectivity index is 1.69. The fourth-order valence-corrected chi connectivity index (χ4v) is 3.45. The lowest BCUT2D eigenvalue weighted by Gasteiger charge is -2.05. The van der Waals surface area contributed by atoms with E-state index in [0.29, 0.717) is 0 Å². The predicted molar refractivity (Wildman–Crippen MR) is 113 cm³/mol. The molecule has 0 amide bonds. The third-order valence-corrected chi connectivity index (χ3v) is 5.14. The van der Waals surface area contributed by atoms with Gasteiger partial charge in [0.05, 0.1) is 0 Å². The van der Waals surface area contributed by atoms with Crippen molar-refractivity contribution in [1.29, 1.82) is 0 Å².